The van der Waals surface area contributed by atoms with Crippen molar-refractivity contribution in [1.82, 2.24) is 10.3 Å². The van der Waals surface area contributed by atoms with Crippen molar-refractivity contribution in [3.05, 3.63) is 23.0 Å². The molecule has 1 aliphatic heterocycles. The maximum Gasteiger partial charge on any atom is 0.254 e. The smallest absolute Gasteiger partial charge is 0.254 e. The van der Waals surface area contributed by atoms with Crippen LogP contribution in [-0.2, 0) is 4.74 Å². The highest BCUT2D eigenvalue weighted by molar-refractivity contribution is 5.96. The van der Waals surface area contributed by atoms with Crippen molar-refractivity contribution in [1.29, 1.82) is 0 Å². The van der Waals surface area contributed by atoms with Crippen molar-refractivity contribution in [3.8, 4) is 5.75 Å². The molecule has 1 saturated heterocycles. The van der Waals surface area contributed by atoms with E-state index in [-0.39, 0.29) is 11.7 Å². The number of nitrogens with zero attached hydrogens (tertiary/aromatic N) is 1. The molecule has 1 aliphatic rings. The van der Waals surface area contributed by atoms with Gasteiger partial charge in [0.1, 0.15) is 24.0 Å². The number of ether oxygens (including phenoxy) is 2. The third kappa shape index (κ3) is 3.92. The molecular formula is C15H23N3O3. The minimum absolute atomic E-state index is 0.0664. The molecule has 1 atom stereocenters. The minimum Gasteiger partial charge on any atom is -0.490 e. The fraction of sp³-hybridized carbons (Fsp3) is 0.600. The van der Waals surface area contributed by atoms with Crippen molar-refractivity contribution in [2.24, 2.45) is 5.73 Å². The van der Waals surface area contributed by atoms with Gasteiger partial charge in [-0.1, -0.05) is 0 Å². The molecule has 0 spiro atoms. The summed E-state index contributed by atoms with van der Waals surface area (Å²) in [5.74, 6) is -0.0579. The van der Waals surface area contributed by atoms with Crippen molar-refractivity contribution < 1.29 is 14.3 Å². The second kappa shape index (κ2) is 5.99. The van der Waals surface area contributed by atoms with Crippen LogP contribution < -0.4 is 15.8 Å². The van der Waals surface area contributed by atoms with Crippen LogP contribution in [0.3, 0.4) is 0 Å². The molecule has 0 aliphatic carbocycles. The molecule has 2 heterocycles. The predicted octanol–water partition coefficient (Wildman–Crippen LogP) is 0.943. The number of aromatic nitrogens is 1. The number of rotatable bonds is 4. The van der Waals surface area contributed by atoms with E-state index < -0.39 is 5.91 Å². The Bertz CT molecular complexity index is 543. The van der Waals surface area contributed by atoms with Crippen LogP contribution in [0.5, 0.6) is 5.75 Å². The van der Waals surface area contributed by atoms with Gasteiger partial charge in [-0.15, -0.1) is 0 Å². The van der Waals surface area contributed by atoms with Gasteiger partial charge in [0, 0.05) is 24.8 Å². The number of hydrogen-bond acceptors (Lipinski definition) is 5. The summed E-state index contributed by atoms with van der Waals surface area (Å²) < 4.78 is 11.7. The van der Waals surface area contributed by atoms with E-state index in [0.717, 1.165) is 18.8 Å². The summed E-state index contributed by atoms with van der Waals surface area (Å²) in [4.78, 5) is 15.8. The first-order valence-corrected chi connectivity index (χ1v) is 7.08. The van der Waals surface area contributed by atoms with Gasteiger partial charge in [-0.3, -0.25) is 9.78 Å². The van der Waals surface area contributed by atoms with E-state index in [4.69, 9.17) is 15.2 Å². The Morgan fingerprint density at radius 1 is 1.57 bits per heavy atom. The van der Waals surface area contributed by atoms with Crippen LogP contribution in [0.1, 0.15) is 35.6 Å². The van der Waals surface area contributed by atoms with Crippen molar-refractivity contribution in [3.63, 3.8) is 0 Å². The van der Waals surface area contributed by atoms with E-state index in [1.807, 2.05) is 20.8 Å². The number of nitrogens with one attached hydrogen (secondary N) is 1. The Balaban J connectivity index is 2.11. The minimum atomic E-state index is -0.530. The lowest BCUT2D eigenvalue weighted by atomic mass is 10.1. The van der Waals surface area contributed by atoms with Crippen molar-refractivity contribution in [2.75, 3.05) is 19.7 Å². The Hall–Kier alpha value is -1.66. The van der Waals surface area contributed by atoms with E-state index in [9.17, 15) is 4.79 Å². The molecule has 0 aromatic carbocycles. The zero-order valence-electron chi connectivity index (χ0n) is 13.0. The van der Waals surface area contributed by atoms with E-state index in [1.54, 1.807) is 13.0 Å². The summed E-state index contributed by atoms with van der Waals surface area (Å²) in [7, 11) is 0. The number of amides is 1. The standard InChI is InChI=1S/C15H23N3O3/c1-9-5-12(13(14(16)19)10(2)18-9)20-7-11-6-17-8-15(3,4)21-11/h5,11,17H,6-8H2,1-4H3,(H2,16,19). The lowest BCUT2D eigenvalue weighted by Crippen LogP contribution is -2.52. The molecule has 6 nitrogen and oxygen atoms in total. The zero-order valence-corrected chi connectivity index (χ0v) is 13.0. The number of pyridine rings is 1. The molecule has 6 heteroatoms. The summed E-state index contributed by atoms with van der Waals surface area (Å²) in [6.07, 6.45) is -0.0664. The average Bonchev–Trinajstić information content (AvgIpc) is 2.33. The van der Waals surface area contributed by atoms with E-state index in [2.05, 4.69) is 10.3 Å². The Morgan fingerprint density at radius 3 is 2.90 bits per heavy atom. The first kappa shape index (κ1) is 15.7. The summed E-state index contributed by atoms with van der Waals surface area (Å²) in [5.41, 5.74) is 6.90. The molecule has 1 unspecified atom stereocenters. The van der Waals surface area contributed by atoms with Gasteiger partial charge in [0.25, 0.3) is 5.91 Å². The summed E-state index contributed by atoms with van der Waals surface area (Å²) in [5, 5.41) is 3.31. The molecule has 21 heavy (non-hydrogen) atoms. The normalized spacial score (nSPS) is 21.0. The Kier molecular flexibility index (Phi) is 4.49. The van der Waals surface area contributed by atoms with Crippen LogP contribution in [0, 0.1) is 13.8 Å². The van der Waals surface area contributed by atoms with Gasteiger partial charge in [-0.25, -0.2) is 0 Å². The van der Waals surface area contributed by atoms with Crippen LogP contribution in [0.2, 0.25) is 0 Å². The maximum atomic E-state index is 11.6. The number of nitrogens with two attached hydrogens (primary N) is 1. The number of morpholine rings is 1. The fourth-order valence-electron chi connectivity index (χ4n) is 2.55. The summed E-state index contributed by atoms with van der Waals surface area (Å²) >= 11 is 0. The Morgan fingerprint density at radius 2 is 2.29 bits per heavy atom. The van der Waals surface area contributed by atoms with Crippen LogP contribution >= 0.6 is 0 Å². The first-order chi connectivity index (χ1) is 9.78. The molecular weight excluding hydrogens is 270 g/mol. The van der Waals surface area contributed by atoms with Gasteiger partial charge in [0.05, 0.1) is 11.3 Å². The molecule has 0 saturated carbocycles. The van der Waals surface area contributed by atoms with Crippen LogP contribution in [0.25, 0.3) is 0 Å². The number of primary amides is 1. The van der Waals surface area contributed by atoms with Crippen molar-refractivity contribution >= 4 is 5.91 Å². The third-order valence-corrected chi connectivity index (χ3v) is 3.37. The molecule has 1 fully saturated rings. The quantitative estimate of drug-likeness (QED) is 0.863. The third-order valence-electron chi connectivity index (χ3n) is 3.37. The Labute approximate surface area is 125 Å². The predicted molar refractivity (Wildman–Crippen MR) is 79.5 cm³/mol. The van der Waals surface area contributed by atoms with Gasteiger partial charge < -0.3 is 20.5 Å². The molecule has 1 aromatic heterocycles. The molecule has 116 valence electrons. The fourth-order valence-corrected chi connectivity index (χ4v) is 2.55. The van der Waals surface area contributed by atoms with Crippen LogP contribution in [0.4, 0.5) is 0 Å². The van der Waals surface area contributed by atoms with Gasteiger partial charge in [0.2, 0.25) is 0 Å². The van der Waals surface area contributed by atoms with Gasteiger partial charge in [-0.2, -0.15) is 0 Å². The second-order valence-corrected chi connectivity index (χ2v) is 6.03. The lowest BCUT2D eigenvalue weighted by molar-refractivity contribution is -0.107. The number of carbonyl (C=O) groups is 1. The maximum absolute atomic E-state index is 11.6. The first-order valence-electron chi connectivity index (χ1n) is 7.08. The molecule has 0 radical (unpaired) electrons. The lowest BCUT2D eigenvalue weighted by Gasteiger charge is -2.36. The monoisotopic (exact) mass is 293 g/mol. The van der Waals surface area contributed by atoms with Crippen LogP contribution in [-0.4, -0.2) is 42.3 Å². The molecule has 1 aromatic rings. The van der Waals surface area contributed by atoms with E-state index in [0.29, 0.717) is 23.6 Å². The second-order valence-electron chi connectivity index (χ2n) is 6.03. The largest absolute Gasteiger partial charge is 0.490 e. The SMILES string of the molecule is Cc1cc(OCC2CNCC(C)(C)O2)c(C(N)=O)c(C)n1. The number of carbonyl (C=O) groups excluding carboxylic acids is 1. The summed E-state index contributed by atoms with van der Waals surface area (Å²) in [6.45, 7) is 9.55. The topological polar surface area (TPSA) is 86.5 Å². The number of hydrogen-bond donors (Lipinski definition) is 2. The van der Waals surface area contributed by atoms with Gasteiger partial charge in [0.15, 0.2) is 0 Å². The summed E-state index contributed by atoms with van der Waals surface area (Å²) in [6, 6.07) is 1.73. The van der Waals surface area contributed by atoms with Gasteiger partial charge >= 0.3 is 0 Å². The molecule has 1 amide bonds. The highest BCUT2D eigenvalue weighted by Crippen LogP contribution is 2.23. The highest BCUT2D eigenvalue weighted by atomic mass is 16.5. The molecule has 0 bridgehead atoms. The zero-order chi connectivity index (χ0) is 15.6. The average molecular weight is 293 g/mol. The molecule has 2 rings (SSSR count). The number of aryl methyl sites for hydroxylation is 2. The van der Waals surface area contributed by atoms with E-state index >= 15 is 0 Å². The van der Waals surface area contributed by atoms with Crippen molar-refractivity contribution in [2.45, 2.75) is 39.4 Å². The molecule has 3 N–H and O–H groups in total. The van der Waals surface area contributed by atoms with Crippen LogP contribution in [0.15, 0.2) is 6.07 Å². The van der Waals surface area contributed by atoms with Gasteiger partial charge in [-0.05, 0) is 27.7 Å². The van der Waals surface area contributed by atoms with E-state index in [1.165, 1.54) is 0 Å². The highest BCUT2D eigenvalue weighted by Gasteiger charge is 2.29.